The number of ether oxygens (including phenoxy) is 4. The van der Waals surface area contributed by atoms with Crippen molar-refractivity contribution in [2.75, 3.05) is 95.3 Å². The second-order valence-electron chi connectivity index (χ2n) is 34.8. The summed E-state index contributed by atoms with van der Waals surface area (Å²) in [5.74, 6) is -0.375. The van der Waals surface area contributed by atoms with Gasteiger partial charge in [0.15, 0.2) is 27.2 Å². The van der Waals surface area contributed by atoms with E-state index in [-0.39, 0.29) is 45.9 Å². The molecule has 135 heavy (non-hydrogen) atoms. The van der Waals surface area contributed by atoms with Crippen LogP contribution in [0.2, 0.25) is 10.3 Å². The first-order chi connectivity index (χ1) is 64.5. The lowest BCUT2D eigenvalue weighted by molar-refractivity contribution is -0.142. The standard InChI is InChI=1S/C35H33FN8O4.C27H32BFN2O5.C16H15ClN6O2.C10H13N3O2.C6H3BrClN3/c1-35(2,3)23-15-22-19-39-44(34(47)31(22)26(36)16-23)29-6-4-5-24(25(29)20-45)27-17-28(32-37-9-10-43(32)41-27)40-30-8-7-21(18-38-30)33(46)42-11-13-48-14-12-42;1-16(32)34-15-19-20(28-35-26(5,6)27(7,8)36-28)10-9-11-22(19)31-24(33)23-17(14-30-31)12-18(13-21(23)29)25(2,3)4;17-13-9-12(15-18-3-4-23(15)21-13)20-14-2-1-11(10-19-14)16(24)22-5-7-25-8-6-22;11-9-2-1-8(7-12-9)10(14)13-3-5-15-6-4-13;7-4-3-5(8)10-11-2-1-9-6(4)11/h4-10,15-19,45H,11-14,20H2,1-3H3,(H,38,40);9-14H,15H2,1-8H3;1-4,9-10H,5-8H2,(H,19,20);1-2,7H,3-6H2,(H2,11,12);1-3H. The summed E-state index contributed by atoms with van der Waals surface area (Å²) < 4.78 is 72.1. The average Bonchev–Trinajstić information content (AvgIpc) is 1.66. The Morgan fingerprint density at radius 2 is 0.956 bits per heavy atom. The molecule has 15 aromatic rings. The van der Waals surface area contributed by atoms with Gasteiger partial charge in [0.05, 0.1) is 130 Å². The number of esters is 1. The van der Waals surface area contributed by atoms with Crippen LogP contribution in [0.3, 0.4) is 0 Å². The number of anilines is 5. The van der Waals surface area contributed by atoms with E-state index in [1.165, 1.54) is 43.8 Å². The summed E-state index contributed by atoms with van der Waals surface area (Å²) in [4.78, 5) is 107. The summed E-state index contributed by atoms with van der Waals surface area (Å²) >= 11 is 15.0. The van der Waals surface area contributed by atoms with Gasteiger partial charge in [-0.1, -0.05) is 89.0 Å². The monoisotopic (exact) mass is 1940 g/mol. The van der Waals surface area contributed by atoms with Crippen molar-refractivity contribution in [3.05, 3.63) is 269 Å². The van der Waals surface area contributed by atoms with Gasteiger partial charge >= 0.3 is 13.1 Å². The van der Waals surface area contributed by atoms with E-state index in [1.54, 1.807) is 175 Å². The molecule has 0 unspecified atom stereocenters. The molecule has 4 saturated heterocycles. The van der Waals surface area contributed by atoms with E-state index in [0.717, 1.165) is 30.6 Å². The number of aliphatic hydroxyl groups excluding tert-OH is 1. The van der Waals surface area contributed by atoms with Gasteiger partial charge < -0.3 is 64.4 Å². The number of rotatable bonds is 14. The second kappa shape index (κ2) is 40.7. The lowest BCUT2D eigenvalue weighted by atomic mass is 9.75. The Morgan fingerprint density at radius 3 is 1.39 bits per heavy atom. The number of nitrogens with zero attached hydrogens (tertiary/aromatic N) is 19. The van der Waals surface area contributed by atoms with Gasteiger partial charge in [-0.05, 0) is 156 Å². The molecule has 0 bridgehead atoms. The molecule has 4 aliphatic rings. The Bertz CT molecular complexity index is 7050. The number of amides is 3. The molecule has 4 aromatic carbocycles. The molecule has 698 valence electrons. The quantitative estimate of drug-likeness (QED) is 0.0580. The van der Waals surface area contributed by atoms with Crippen molar-refractivity contribution in [1.82, 2.24) is 93.0 Å². The van der Waals surface area contributed by atoms with Gasteiger partial charge in [0.25, 0.3) is 28.8 Å². The van der Waals surface area contributed by atoms with Crippen molar-refractivity contribution >= 4 is 143 Å². The van der Waals surface area contributed by atoms with Gasteiger partial charge in [-0.3, -0.25) is 28.8 Å². The number of pyridine rings is 3. The normalized spacial score (nSPS) is 14.8. The Hall–Kier alpha value is -13.5. The first-order valence-electron chi connectivity index (χ1n) is 43.1. The number of aromatic nitrogens is 16. The molecule has 15 heterocycles. The van der Waals surface area contributed by atoms with Crippen molar-refractivity contribution in [3.63, 3.8) is 0 Å². The Morgan fingerprint density at radius 1 is 0.533 bits per heavy atom. The van der Waals surface area contributed by atoms with Crippen LogP contribution in [0.5, 0.6) is 0 Å². The lowest BCUT2D eigenvalue weighted by Gasteiger charge is -2.32. The fourth-order valence-corrected chi connectivity index (χ4v) is 16.0. The van der Waals surface area contributed by atoms with Crippen molar-refractivity contribution in [3.8, 4) is 22.6 Å². The first-order valence-corrected chi connectivity index (χ1v) is 44.6. The van der Waals surface area contributed by atoms with E-state index < -0.39 is 53.6 Å². The number of halogens is 5. The third kappa shape index (κ3) is 21.8. The Balaban J connectivity index is 0.000000140. The fourth-order valence-electron chi connectivity index (χ4n) is 15.0. The molecular weight excluding hydrogens is 1840 g/mol. The number of carbonyl (C=O) groups is 4. The molecule has 0 atom stereocenters. The topological polar surface area (TPSA) is 403 Å². The van der Waals surface area contributed by atoms with Crippen LogP contribution in [0.4, 0.5) is 37.6 Å². The van der Waals surface area contributed by atoms with Crippen molar-refractivity contribution < 1.29 is 61.3 Å². The van der Waals surface area contributed by atoms with Crippen LogP contribution < -0.4 is 32.9 Å². The lowest BCUT2D eigenvalue weighted by Crippen LogP contribution is -2.41. The predicted octanol–water partition coefficient (Wildman–Crippen LogP) is 13.1. The minimum absolute atomic E-state index is 0.00852. The number of benzene rings is 4. The van der Waals surface area contributed by atoms with Crippen molar-refractivity contribution in [2.24, 2.45) is 0 Å². The number of morpholine rings is 3. The maximum absolute atomic E-state index is 15.4. The van der Waals surface area contributed by atoms with Gasteiger partial charge in [0.1, 0.15) is 35.7 Å². The number of carbonyl (C=O) groups excluding carboxylic acids is 4. The third-order valence-electron chi connectivity index (χ3n) is 23.0. The number of aliphatic hydroxyl groups is 1. The summed E-state index contributed by atoms with van der Waals surface area (Å²) in [7, 11) is -0.761. The van der Waals surface area contributed by atoms with E-state index in [0.29, 0.717) is 196 Å². The second-order valence-corrected chi connectivity index (χ2v) is 36.4. The first kappa shape index (κ1) is 96.1. The largest absolute Gasteiger partial charge is 0.495 e. The average molecular weight is 1940 g/mol. The number of imidazole rings is 3. The number of fused-ring (bicyclic) bond motifs is 5. The predicted molar refractivity (Wildman–Crippen MR) is 509 cm³/mol. The molecule has 0 saturated carbocycles. The molecule has 3 amide bonds. The van der Waals surface area contributed by atoms with E-state index in [2.05, 4.69) is 76.9 Å². The molecule has 41 heteroatoms. The van der Waals surface area contributed by atoms with Gasteiger partial charge in [-0.15, -0.1) is 0 Å². The van der Waals surface area contributed by atoms with Crippen LogP contribution in [0, 0.1) is 11.6 Å². The smallest absolute Gasteiger partial charge is 0.461 e. The summed E-state index contributed by atoms with van der Waals surface area (Å²) in [5.41, 5.74) is 11.8. The van der Waals surface area contributed by atoms with Gasteiger partial charge in [0, 0.05) is 135 Å². The maximum Gasteiger partial charge on any atom is 0.495 e. The number of nitrogens with two attached hydrogens (primary N) is 1. The minimum atomic E-state index is -0.761. The fraction of sp³-hybridized carbons (Fsp3) is 0.309. The van der Waals surface area contributed by atoms with Gasteiger partial charge in [-0.2, -0.15) is 34.9 Å². The summed E-state index contributed by atoms with van der Waals surface area (Å²) in [6.45, 7) is 27.3. The van der Waals surface area contributed by atoms with E-state index in [9.17, 15) is 33.9 Å². The molecule has 35 nitrogen and oxygen atoms in total. The van der Waals surface area contributed by atoms with E-state index in [4.69, 9.17) is 62.3 Å². The zero-order valence-electron chi connectivity index (χ0n) is 75.6. The number of hydrogen-bond donors (Lipinski definition) is 4. The van der Waals surface area contributed by atoms with Gasteiger partial charge in [-0.25, -0.2) is 52.2 Å². The zero-order chi connectivity index (χ0) is 96.0. The Kier molecular flexibility index (Phi) is 29.0. The minimum Gasteiger partial charge on any atom is -0.461 e. The summed E-state index contributed by atoms with van der Waals surface area (Å²) in [5, 5.41) is 40.1. The SMILES string of the molecule is CC(=O)OCc1c(B2OC(C)(C)C(C)(C)O2)cccc1-n1ncc2cc(C(C)(C)C)cc(F)c2c1=O.CC(C)(C)c1cc(F)c2c(=O)n(-c3cccc(-c4cc(Nc5ccc(C(=O)N6CCOCC6)cn5)c5nccn5n4)c3CO)ncc2c1.Clc1cc(Br)c2nccn2n1.Nc1ccc(C(=O)N2CCOCC2)cn1.O=C(c1ccc(Nc2cc(Cl)nn3ccnc23)nc1)N1CCOCC1. The highest BCUT2D eigenvalue weighted by atomic mass is 79.9. The number of nitrogen functional groups attached to an aromatic ring is 1. The van der Waals surface area contributed by atoms with Crippen LogP contribution in [0.15, 0.2) is 197 Å². The summed E-state index contributed by atoms with van der Waals surface area (Å²) in [6, 6.07) is 32.1. The molecule has 4 fully saturated rings. The van der Waals surface area contributed by atoms with Crippen molar-refractivity contribution in [1.29, 1.82) is 0 Å². The van der Waals surface area contributed by atoms with Crippen LogP contribution in [-0.4, -0.2) is 219 Å². The van der Waals surface area contributed by atoms with Crippen LogP contribution in [-0.2, 0) is 57.1 Å². The highest BCUT2D eigenvalue weighted by Gasteiger charge is 2.52. The highest BCUT2D eigenvalue weighted by molar-refractivity contribution is 9.10. The molecule has 0 spiro atoms. The van der Waals surface area contributed by atoms with Gasteiger partial charge in [0.2, 0.25) is 0 Å². The zero-order valence-corrected chi connectivity index (χ0v) is 78.7. The van der Waals surface area contributed by atoms with Crippen LogP contribution in [0.1, 0.15) is 129 Å². The maximum atomic E-state index is 15.4. The molecule has 11 aromatic heterocycles. The molecule has 19 rings (SSSR count). The Labute approximate surface area is 791 Å². The molecule has 4 aliphatic heterocycles. The molecule has 0 radical (unpaired) electrons. The van der Waals surface area contributed by atoms with E-state index in [1.807, 2.05) is 69.2 Å². The van der Waals surface area contributed by atoms with Crippen LogP contribution in [0.25, 0.3) is 61.1 Å². The van der Waals surface area contributed by atoms with Crippen molar-refractivity contribution in [2.45, 2.75) is 111 Å². The number of hydrogen-bond acceptors (Lipinski definition) is 27. The molecular formula is C94H96BBrCl2F2N22O13. The molecule has 0 aliphatic carbocycles. The molecule has 5 N–H and O–H groups in total. The van der Waals surface area contributed by atoms with E-state index >= 15 is 8.78 Å². The van der Waals surface area contributed by atoms with Crippen LogP contribution >= 0.6 is 39.1 Å². The number of nitrogens with one attached hydrogen (secondary N) is 2. The highest BCUT2D eigenvalue weighted by Crippen LogP contribution is 2.39. The summed E-state index contributed by atoms with van der Waals surface area (Å²) in [6.07, 6.45) is 17.6. The third-order valence-corrected chi connectivity index (χ3v) is 24.0.